The second kappa shape index (κ2) is 7.25. The lowest BCUT2D eigenvalue weighted by Gasteiger charge is -2.26. The maximum Gasteiger partial charge on any atom is 0.220 e. The van der Waals surface area contributed by atoms with Crippen LogP contribution in [0, 0.1) is 5.92 Å². The van der Waals surface area contributed by atoms with Crippen LogP contribution in [-0.4, -0.2) is 17.3 Å². The van der Waals surface area contributed by atoms with Crippen LogP contribution in [0.4, 0.5) is 0 Å². The molecule has 0 atom stereocenters. The molecule has 0 aromatic heterocycles. The van der Waals surface area contributed by atoms with Crippen LogP contribution in [0.2, 0.25) is 0 Å². The first-order valence-electron chi connectivity index (χ1n) is 6.90. The largest absolute Gasteiger partial charge is 0.351 e. The van der Waals surface area contributed by atoms with Gasteiger partial charge in [-0.15, -0.1) is 11.6 Å². The zero-order valence-corrected chi connectivity index (χ0v) is 12.0. The molecule has 0 radical (unpaired) electrons. The van der Waals surface area contributed by atoms with E-state index in [0.717, 1.165) is 18.8 Å². The fourth-order valence-electron chi connectivity index (χ4n) is 2.55. The van der Waals surface area contributed by atoms with Crippen LogP contribution in [-0.2, 0) is 4.79 Å². The second-order valence-corrected chi connectivity index (χ2v) is 6.29. The molecule has 1 saturated carbocycles. The average molecular weight is 260 g/mol. The van der Waals surface area contributed by atoms with Crippen LogP contribution in [0.1, 0.15) is 65.2 Å². The Bertz CT molecular complexity index is 234. The monoisotopic (exact) mass is 259 g/mol. The summed E-state index contributed by atoms with van der Waals surface area (Å²) in [6.07, 6.45) is 9.28. The van der Waals surface area contributed by atoms with Crippen molar-refractivity contribution in [2.45, 2.75) is 70.8 Å². The van der Waals surface area contributed by atoms with E-state index in [-0.39, 0.29) is 11.4 Å². The third-order valence-corrected chi connectivity index (χ3v) is 3.89. The van der Waals surface area contributed by atoms with Gasteiger partial charge in [0.05, 0.1) is 0 Å². The van der Waals surface area contributed by atoms with Crippen LogP contribution in [0.15, 0.2) is 0 Å². The molecule has 0 aromatic rings. The van der Waals surface area contributed by atoms with Crippen LogP contribution >= 0.6 is 11.6 Å². The van der Waals surface area contributed by atoms with Crippen molar-refractivity contribution in [2.75, 3.05) is 5.88 Å². The summed E-state index contributed by atoms with van der Waals surface area (Å²) in [5, 5.41) is 3.07. The number of carbonyl (C=O) groups excluding carboxylic acids is 1. The fraction of sp³-hybridized carbons (Fsp3) is 0.929. The Morgan fingerprint density at radius 3 is 2.53 bits per heavy atom. The molecule has 0 bridgehead atoms. The van der Waals surface area contributed by atoms with E-state index in [9.17, 15) is 4.79 Å². The van der Waals surface area contributed by atoms with E-state index in [1.165, 1.54) is 32.1 Å². The minimum Gasteiger partial charge on any atom is -0.351 e. The third-order valence-electron chi connectivity index (χ3n) is 3.70. The van der Waals surface area contributed by atoms with Crippen LogP contribution in [0.3, 0.4) is 0 Å². The van der Waals surface area contributed by atoms with Gasteiger partial charge in [-0.3, -0.25) is 4.79 Å². The van der Waals surface area contributed by atoms with E-state index in [0.29, 0.717) is 12.3 Å². The smallest absolute Gasteiger partial charge is 0.220 e. The SMILES string of the molecule is CC(C)(CCCl)NC(=O)CCC1CCCCC1. The molecule has 3 heteroatoms. The molecular weight excluding hydrogens is 234 g/mol. The van der Waals surface area contributed by atoms with Gasteiger partial charge in [-0.25, -0.2) is 0 Å². The first kappa shape index (κ1) is 14.8. The third kappa shape index (κ3) is 6.30. The molecule has 17 heavy (non-hydrogen) atoms. The number of hydrogen-bond acceptors (Lipinski definition) is 1. The molecular formula is C14H26ClNO. The van der Waals surface area contributed by atoms with Gasteiger partial charge in [0.2, 0.25) is 5.91 Å². The highest BCUT2D eigenvalue weighted by Crippen LogP contribution is 2.27. The van der Waals surface area contributed by atoms with E-state index >= 15 is 0 Å². The van der Waals surface area contributed by atoms with E-state index < -0.39 is 0 Å². The lowest BCUT2D eigenvalue weighted by Crippen LogP contribution is -2.43. The Labute approximate surface area is 110 Å². The fourth-order valence-corrected chi connectivity index (χ4v) is 3.02. The number of halogens is 1. The van der Waals surface area contributed by atoms with Crippen molar-refractivity contribution in [3.05, 3.63) is 0 Å². The standard InChI is InChI=1S/C14H26ClNO/c1-14(2,10-11-15)16-13(17)9-8-12-6-4-3-5-7-12/h12H,3-11H2,1-2H3,(H,16,17). The predicted octanol–water partition coefficient (Wildman–Crippen LogP) is 3.87. The summed E-state index contributed by atoms with van der Waals surface area (Å²) in [7, 11) is 0. The van der Waals surface area contributed by atoms with Crippen LogP contribution in [0.25, 0.3) is 0 Å². The second-order valence-electron chi connectivity index (χ2n) is 5.91. The number of rotatable bonds is 6. The molecule has 0 aliphatic heterocycles. The van der Waals surface area contributed by atoms with E-state index in [4.69, 9.17) is 11.6 Å². The predicted molar refractivity (Wildman–Crippen MR) is 73.4 cm³/mol. The highest BCUT2D eigenvalue weighted by atomic mass is 35.5. The van der Waals surface area contributed by atoms with Crippen molar-refractivity contribution in [2.24, 2.45) is 5.92 Å². The first-order chi connectivity index (χ1) is 8.03. The topological polar surface area (TPSA) is 29.1 Å². The van der Waals surface area contributed by atoms with Gasteiger partial charge in [-0.05, 0) is 32.6 Å². The van der Waals surface area contributed by atoms with E-state index in [1.807, 2.05) is 13.8 Å². The van der Waals surface area contributed by atoms with E-state index in [1.54, 1.807) is 0 Å². The number of nitrogens with one attached hydrogen (secondary N) is 1. The Kier molecular flexibility index (Phi) is 6.32. The Morgan fingerprint density at radius 1 is 1.29 bits per heavy atom. The van der Waals surface area contributed by atoms with Crippen molar-refractivity contribution < 1.29 is 4.79 Å². The molecule has 1 amide bonds. The number of alkyl halides is 1. The van der Waals surface area contributed by atoms with Crippen LogP contribution < -0.4 is 5.32 Å². The number of carbonyl (C=O) groups is 1. The van der Waals surface area contributed by atoms with Gasteiger partial charge < -0.3 is 5.32 Å². The summed E-state index contributed by atoms with van der Waals surface area (Å²) in [5.74, 6) is 1.56. The van der Waals surface area contributed by atoms with Crippen molar-refractivity contribution in [3.8, 4) is 0 Å². The molecule has 0 spiro atoms. The summed E-state index contributed by atoms with van der Waals surface area (Å²) in [6.45, 7) is 4.07. The Hall–Kier alpha value is -0.240. The molecule has 1 N–H and O–H groups in total. The van der Waals surface area contributed by atoms with Crippen LogP contribution in [0.5, 0.6) is 0 Å². The van der Waals surface area contributed by atoms with Gasteiger partial charge in [0.15, 0.2) is 0 Å². The maximum atomic E-state index is 11.8. The van der Waals surface area contributed by atoms with Crippen molar-refractivity contribution >= 4 is 17.5 Å². The summed E-state index contributed by atoms with van der Waals surface area (Å²) < 4.78 is 0. The van der Waals surface area contributed by atoms with Gasteiger partial charge >= 0.3 is 0 Å². The molecule has 0 heterocycles. The molecule has 1 aliphatic carbocycles. The lowest BCUT2D eigenvalue weighted by molar-refractivity contribution is -0.123. The number of hydrogen-bond donors (Lipinski definition) is 1. The summed E-state index contributed by atoms with van der Waals surface area (Å²) >= 11 is 5.72. The Morgan fingerprint density at radius 2 is 1.94 bits per heavy atom. The zero-order chi connectivity index (χ0) is 12.7. The molecule has 0 unspecified atom stereocenters. The zero-order valence-electron chi connectivity index (χ0n) is 11.2. The first-order valence-corrected chi connectivity index (χ1v) is 7.44. The van der Waals surface area contributed by atoms with Crippen molar-refractivity contribution in [3.63, 3.8) is 0 Å². The summed E-state index contributed by atoms with van der Waals surface area (Å²) in [6, 6.07) is 0. The Balaban J connectivity index is 2.20. The molecule has 0 aromatic carbocycles. The van der Waals surface area contributed by atoms with Crippen molar-refractivity contribution in [1.29, 1.82) is 0 Å². The molecule has 1 rings (SSSR count). The van der Waals surface area contributed by atoms with Gasteiger partial charge in [0.1, 0.15) is 0 Å². The van der Waals surface area contributed by atoms with Gasteiger partial charge in [0, 0.05) is 17.8 Å². The minimum absolute atomic E-state index is 0.161. The molecule has 0 saturated heterocycles. The molecule has 1 aliphatic rings. The molecule has 2 nitrogen and oxygen atoms in total. The molecule has 1 fully saturated rings. The van der Waals surface area contributed by atoms with Gasteiger partial charge in [0.25, 0.3) is 0 Å². The van der Waals surface area contributed by atoms with Gasteiger partial charge in [-0.2, -0.15) is 0 Å². The summed E-state index contributed by atoms with van der Waals surface area (Å²) in [5.41, 5.74) is -0.161. The van der Waals surface area contributed by atoms with Crippen molar-refractivity contribution in [1.82, 2.24) is 5.32 Å². The minimum atomic E-state index is -0.161. The highest BCUT2D eigenvalue weighted by Gasteiger charge is 2.20. The number of amides is 1. The van der Waals surface area contributed by atoms with E-state index in [2.05, 4.69) is 5.32 Å². The normalized spacial score (nSPS) is 18.1. The molecule has 100 valence electrons. The maximum absolute atomic E-state index is 11.8. The quantitative estimate of drug-likeness (QED) is 0.721. The summed E-state index contributed by atoms with van der Waals surface area (Å²) in [4.78, 5) is 11.8. The highest BCUT2D eigenvalue weighted by molar-refractivity contribution is 6.17. The van der Waals surface area contributed by atoms with Gasteiger partial charge in [-0.1, -0.05) is 32.1 Å². The lowest BCUT2D eigenvalue weighted by atomic mass is 9.86. The average Bonchev–Trinajstić information content (AvgIpc) is 2.27.